The van der Waals surface area contributed by atoms with Gasteiger partial charge in [-0.2, -0.15) is 0 Å². The molecule has 0 saturated carbocycles. The van der Waals surface area contributed by atoms with Crippen LogP contribution in [0.15, 0.2) is 84.9 Å². The minimum atomic E-state index is 0.878. The summed E-state index contributed by atoms with van der Waals surface area (Å²) in [6.45, 7) is 4.51. The van der Waals surface area contributed by atoms with E-state index in [0.29, 0.717) is 0 Å². The van der Waals surface area contributed by atoms with Gasteiger partial charge in [0.2, 0.25) is 0 Å². The van der Waals surface area contributed by atoms with Gasteiger partial charge in [-0.15, -0.1) is 0 Å². The first-order valence-corrected chi connectivity index (χ1v) is 15.6. The van der Waals surface area contributed by atoms with Gasteiger partial charge in [-0.3, -0.25) is 0 Å². The van der Waals surface area contributed by atoms with E-state index in [1.165, 1.54) is 93.7 Å². The van der Waals surface area contributed by atoms with Crippen LogP contribution in [0.2, 0.25) is 0 Å². The number of methoxy groups -OCH3 is 2. The summed E-state index contributed by atoms with van der Waals surface area (Å²) in [5.41, 5.74) is 7.67. The Hall–Kier alpha value is -4.18. The molecule has 2 aliphatic heterocycles. The molecule has 0 aromatic heterocycles. The lowest BCUT2D eigenvalue weighted by atomic mass is 9.85. The number of nitrogens with zero attached hydrogens (tertiary/aromatic N) is 2. The highest BCUT2D eigenvalue weighted by molar-refractivity contribution is 6.22. The zero-order valence-corrected chi connectivity index (χ0v) is 24.9. The van der Waals surface area contributed by atoms with Crippen LogP contribution in [0.5, 0.6) is 11.5 Å². The second-order valence-corrected chi connectivity index (χ2v) is 11.8. The Morgan fingerprint density at radius 1 is 0.429 bits per heavy atom. The second kappa shape index (κ2) is 11.6. The van der Waals surface area contributed by atoms with Crippen LogP contribution >= 0.6 is 0 Å². The summed E-state index contributed by atoms with van der Waals surface area (Å²) < 4.78 is 11.1. The zero-order valence-electron chi connectivity index (χ0n) is 24.9. The van der Waals surface area contributed by atoms with Gasteiger partial charge in [0.15, 0.2) is 0 Å². The molecule has 0 atom stereocenters. The van der Waals surface area contributed by atoms with E-state index < -0.39 is 0 Å². The molecule has 42 heavy (non-hydrogen) atoms. The largest absolute Gasteiger partial charge is 0.497 e. The van der Waals surface area contributed by atoms with Crippen LogP contribution in [0.4, 0.5) is 11.4 Å². The molecule has 2 heterocycles. The maximum Gasteiger partial charge on any atom is 0.118 e. The van der Waals surface area contributed by atoms with E-state index >= 15 is 0 Å². The lowest BCUT2D eigenvalue weighted by Gasteiger charge is -2.30. The fourth-order valence-corrected chi connectivity index (χ4v) is 7.04. The van der Waals surface area contributed by atoms with E-state index in [1.807, 2.05) is 0 Å². The van der Waals surface area contributed by atoms with E-state index in [9.17, 15) is 0 Å². The van der Waals surface area contributed by atoms with Gasteiger partial charge in [-0.05, 0) is 131 Å². The maximum atomic E-state index is 5.53. The van der Waals surface area contributed by atoms with Crippen LogP contribution in [0, 0.1) is 0 Å². The topological polar surface area (TPSA) is 24.9 Å². The Morgan fingerprint density at radius 3 is 1.17 bits per heavy atom. The van der Waals surface area contributed by atoms with Crippen molar-refractivity contribution in [1.29, 1.82) is 0 Å². The third-order valence-electron chi connectivity index (χ3n) is 9.28. The third-order valence-corrected chi connectivity index (χ3v) is 9.28. The lowest BCUT2D eigenvalue weighted by molar-refractivity contribution is 0.415. The monoisotopic (exact) mass is 556 g/mol. The standard InChI is InChI=1S/C38H40N2O2/c1-41-31-15-9-27(10-16-31)37-33-19-13-30(40-23-7-4-8-24-40)26-36(33)38(28-11-17-32(42-2)18-12-28)34-20-14-29(25-35(34)37)39-21-5-3-6-22-39/h9-20,25-26H,3-8,21-24H2,1-2H3. The SMILES string of the molecule is COc1ccc(-c2c3ccc(N4CCCCC4)cc3c(-c3ccc(OC)cc3)c3ccc(N4CCCCC4)cc23)cc1. The molecule has 7 rings (SSSR count). The first kappa shape index (κ1) is 26.7. The molecule has 4 nitrogen and oxygen atoms in total. The average molecular weight is 557 g/mol. The molecule has 0 amide bonds. The highest BCUT2D eigenvalue weighted by Gasteiger charge is 2.21. The van der Waals surface area contributed by atoms with Crippen molar-refractivity contribution < 1.29 is 9.47 Å². The number of rotatable bonds is 6. The highest BCUT2D eigenvalue weighted by atomic mass is 16.5. The molecule has 0 unspecified atom stereocenters. The van der Waals surface area contributed by atoms with Crippen LogP contribution in [-0.4, -0.2) is 40.4 Å². The normalized spacial score (nSPS) is 15.8. The zero-order chi connectivity index (χ0) is 28.5. The van der Waals surface area contributed by atoms with Crippen LogP contribution < -0.4 is 19.3 Å². The van der Waals surface area contributed by atoms with Crippen LogP contribution in [0.25, 0.3) is 43.8 Å². The van der Waals surface area contributed by atoms with Crippen molar-refractivity contribution in [2.45, 2.75) is 38.5 Å². The molecule has 5 aromatic rings. The number of benzene rings is 5. The van der Waals surface area contributed by atoms with E-state index in [-0.39, 0.29) is 0 Å². The van der Waals surface area contributed by atoms with Gasteiger partial charge in [-0.25, -0.2) is 0 Å². The van der Waals surface area contributed by atoms with Crippen LogP contribution in [-0.2, 0) is 0 Å². The van der Waals surface area contributed by atoms with E-state index in [1.54, 1.807) is 14.2 Å². The first-order valence-electron chi connectivity index (χ1n) is 15.6. The van der Waals surface area contributed by atoms with Gasteiger partial charge >= 0.3 is 0 Å². The Morgan fingerprint density at radius 2 is 0.810 bits per heavy atom. The van der Waals surface area contributed by atoms with Crippen molar-refractivity contribution >= 4 is 32.9 Å². The molecule has 0 aliphatic carbocycles. The number of ether oxygens (including phenoxy) is 2. The summed E-state index contributed by atoms with van der Waals surface area (Å²) in [4.78, 5) is 5.13. The number of anilines is 2. The number of fused-ring (bicyclic) bond motifs is 2. The lowest BCUT2D eigenvalue weighted by Crippen LogP contribution is -2.29. The summed E-state index contributed by atoms with van der Waals surface area (Å²) >= 11 is 0. The molecular formula is C38H40N2O2. The smallest absolute Gasteiger partial charge is 0.118 e. The van der Waals surface area contributed by atoms with E-state index in [4.69, 9.17) is 9.47 Å². The number of hydrogen-bond donors (Lipinski definition) is 0. The van der Waals surface area contributed by atoms with Gasteiger partial charge < -0.3 is 19.3 Å². The van der Waals surface area contributed by atoms with E-state index in [2.05, 4.69) is 94.7 Å². The van der Waals surface area contributed by atoms with Gasteiger partial charge in [0.25, 0.3) is 0 Å². The molecule has 2 fully saturated rings. The first-order chi connectivity index (χ1) is 20.7. The molecule has 2 aliphatic rings. The number of hydrogen-bond acceptors (Lipinski definition) is 4. The minimum absolute atomic E-state index is 0.878. The van der Waals surface area contributed by atoms with Crippen molar-refractivity contribution in [3.05, 3.63) is 84.9 Å². The summed E-state index contributed by atoms with van der Waals surface area (Å²) in [5.74, 6) is 1.76. The van der Waals surface area contributed by atoms with Crippen LogP contribution in [0.3, 0.4) is 0 Å². The van der Waals surface area contributed by atoms with Gasteiger partial charge in [0, 0.05) is 37.6 Å². The fourth-order valence-electron chi connectivity index (χ4n) is 7.04. The Bertz CT molecular complexity index is 1570. The van der Waals surface area contributed by atoms with Crippen molar-refractivity contribution in [3.63, 3.8) is 0 Å². The fraction of sp³-hybridized carbons (Fsp3) is 0.316. The molecular weight excluding hydrogens is 516 g/mol. The van der Waals surface area contributed by atoms with Gasteiger partial charge in [0.1, 0.15) is 11.5 Å². The van der Waals surface area contributed by atoms with Crippen molar-refractivity contribution in [2.24, 2.45) is 0 Å². The molecule has 4 heteroatoms. The Kier molecular flexibility index (Phi) is 7.37. The maximum absolute atomic E-state index is 5.53. The molecule has 2 saturated heterocycles. The minimum Gasteiger partial charge on any atom is -0.497 e. The molecule has 5 aromatic carbocycles. The number of piperidine rings is 2. The second-order valence-electron chi connectivity index (χ2n) is 11.8. The summed E-state index contributed by atoms with van der Waals surface area (Å²) in [5, 5.41) is 5.17. The quantitative estimate of drug-likeness (QED) is 0.195. The molecule has 0 bridgehead atoms. The molecule has 0 spiro atoms. The Balaban J connectivity index is 1.54. The van der Waals surface area contributed by atoms with Gasteiger partial charge in [-0.1, -0.05) is 36.4 Å². The Labute approximate surface area is 249 Å². The summed E-state index contributed by atoms with van der Waals surface area (Å²) in [6, 6.07) is 31.5. The molecule has 0 N–H and O–H groups in total. The van der Waals surface area contributed by atoms with Gasteiger partial charge in [0.05, 0.1) is 14.2 Å². The van der Waals surface area contributed by atoms with E-state index in [0.717, 1.165) is 37.7 Å². The molecule has 0 radical (unpaired) electrons. The summed E-state index contributed by atoms with van der Waals surface area (Å²) in [7, 11) is 3.47. The van der Waals surface area contributed by atoms with Crippen molar-refractivity contribution in [2.75, 3.05) is 50.2 Å². The molecule has 214 valence electrons. The third kappa shape index (κ3) is 4.93. The summed E-state index contributed by atoms with van der Waals surface area (Å²) in [6.07, 6.45) is 7.70. The highest BCUT2D eigenvalue weighted by Crippen LogP contribution is 2.46. The van der Waals surface area contributed by atoms with Crippen molar-refractivity contribution in [1.82, 2.24) is 0 Å². The van der Waals surface area contributed by atoms with Crippen molar-refractivity contribution in [3.8, 4) is 33.8 Å². The van der Waals surface area contributed by atoms with Crippen LogP contribution in [0.1, 0.15) is 38.5 Å². The average Bonchev–Trinajstić information content (AvgIpc) is 3.07. The predicted octanol–water partition coefficient (Wildman–Crippen LogP) is 9.32. The predicted molar refractivity (Wildman–Crippen MR) is 178 cm³/mol.